The molecule has 0 aliphatic heterocycles. The van der Waals surface area contributed by atoms with Crippen molar-refractivity contribution in [2.75, 3.05) is 0 Å². The number of hydrogen-bond acceptors (Lipinski definition) is 11. The first-order valence-corrected chi connectivity index (χ1v) is 46.8. The zero-order valence-corrected chi connectivity index (χ0v) is 73.6. The molecule has 0 unspecified atom stereocenters. The Kier molecular flexibility index (Phi) is 17.2. The van der Waals surface area contributed by atoms with Gasteiger partial charge in [0.15, 0.2) is 45.6 Å². The smallest absolute Gasteiger partial charge is 0.180 e. The van der Waals surface area contributed by atoms with Crippen molar-refractivity contribution in [1.29, 1.82) is 0 Å². The summed E-state index contributed by atoms with van der Waals surface area (Å²) in [5, 5.41) is 17.5. The van der Waals surface area contributed by atoms with E-state index in [1.54, 1.807) is 11.3 Å². The van der Waals surface area contributed by atoms with E-state index in [9.17, 15) is 0 Å². The predicted molar refractivity (Wildman–Crippen MR) is 558 cm³/mol. The number of rotatable bonds is 9. The van der Waals surface area contributed by atoms with Crippen molar-refractivity contribution < 1.29 is 13.3 Å². The van der Waals surface area contributed by atoms with Gasteiger partial charge in [0, 0.05) is 123 Å². The van der Waals surface area contributed by atoms with Crippen LogP contribution in [0.15, 0.2) is 438 Å². The van der Waals surface area contributed by atoms with Crippen LogP contribution in [0.2, 0.25) is 0 Å². The third kappa shape index (κ3) is 11.8. The average molecular weight is 1760 g/mol. The van der Waals surface area contributed by atoms with Crippen molar-refractivity contribution in [1.82, 2.24) is 48.2 Å². The van der Waals surface area contributed by atoms with Crippen LogP contribution in [0.1, 0.15) is 0 Å². The predicted octanol–water partition coefficient (Wildman–Crippen LogP) is 32.6. The molecule has 0 aliphatic carbocycles. The molecule has 0 amide bonds. The third-order valence-electron chi connectivity index (χ3n) is 26.6. The van der Waals surface area contributed by atoms with Gasteiger partial charge < -0.3 is 27.0 Å². The summed E-state index contributed by atoms with van der Waals surface area (Å²) in [5.41, 5.74) is 25.8. The number of para-hydroxylation sites is 8. The molecule has 30 aromatic rings. The van der Waals surface area contributed by atoms with Crippen LogP contribution in [-0.2, 0) is 0 Å². The van der Waals surface area contributed by atoms with Crippen LogP contribution in [0.4, 0.5) is 0 Å². The number of benzene rings is 18. The number of hydrogen-bond donors (Lipinski definition) is 0. The Balaban J connectivity index is 0.000000101. The second kappa shape index (κ2) is 30.4. The summed E-state index contributed by atoms with van der Waals surface area (Å²) in [7, 11) is 0. The van der Waals surface area contributed by atoms with E-state index in [0.717, 1.165) is 182 Å². The number of fused-ring (bicyclic) bond motifs is 30. The lowest BCUT2D eigenvalue weighted by Gasteiger charge is -2.13. The first-order chi connectivity index (χ1) is 67.0. The molecule has 0 fully saturated rings. The van der Waals surface area contributed by atoms with E-state index in [2.05, 4.69) is 340 Å². The van der Waals surface area contributed by atoms with Gasteiger partial charge in [0.2, 0.25) is 0 Å². The van der Waals surface area contributed by atoms with Gasteiger partial charge in [-0.05, 0) is 97.1 Å². The monoisotopic (exact) mass is 1760 g/mol. The van der Waals surface area contributed by atoms with Gasteiger partial charge in [-0.1, -0.05) is 328 Å². The van der Waals surface area contributed by atoms with Crippen LogP contribution in [-0.4, -0.2) is 48.2 Å². The van der Waals surface area contributed by atoms with Gasteiger partial charge in [-0.15, -0.1) is 22.7 Å². The normalized spacial score (nSPS) is 12.0. The van der Waals surface area contributed by atoms with E-state index in [0.29, 0.717) is 22.8 Å². The molecular weight excluding hydrogens is 1690 g/mol. The summed E-state index contributed by atoms with van der Waals surface area (Å²) in [6.45, 7) is 0. The fraction of sp³-hybridized carbons (Fsp3) is 0. The Labute approximate surface area is 776 Å². The van der Waals surface area contributed by atoms with Crippen LogP contribution in [0, 0.1) is 0 Å². The van der Waals surface area contributed by atoms with Crippen molar-refractivity contribution in [2.24, 2.45) is 0 Å². The van der Waals surface area contributed by atoms with Crippen molar-refractivity contribution in [3.05, 3.63) is 425 Å². The first kappa shape index (κ1) is 76.1. The quantitative estimate of drug-likeness (QED) is 0.138. The Hall–Kier alpha value is -17.8. The molecule has 18 aromatic carbocycles. The summed E-state index contributed by atoms with van der Waals surface area (Å²) in [4.78, 5) is 31.0. The van der Waals surface area contributed by atoms with Gasteiger partial charge in [-0.2, -0.15) is 0 Å². The van der Waals surface area contributed by atoms with Gasteiger partial charge in [-0.25, -0.2) is 29.9 Å². The molecule has 0 atom stereocenters. The van der Waals surface area contributed by atoms with E-state index >= 15 is 0 Å². The minimum absolute atomic E-state index is 0.666. The lowest BCUT2D eigenvalue weighted by Crippen LogP contribution is -2.03. The van der Waals surface area contributed by atoms with Crippen LogP contribution in [0.3, 0.4) is 0 Å². The molecule has 15 heteroatoms. The number of nitrogens with zero attached hydrogens (tertiary/aromatic N) is 10. The van der Waals surface area contributed by atoms with Crippen LogP contribution in [0.5, 0.6) is 0 Å². The van der Waals surface area contributed by atoms with E-state index in [4.69, 9.17) is 43.2 Å². The third-order valence-corrected chi connectivity index (χ3v) is 28.9. The molecule has 0 radical (unpaired) electrons. The maximum Gasteiger partial charge on any atom is 0.180 e. The van der Waals surface area contributed by atoms with Gasteiger partial charge in [-0.3, -0.25) is 4.57 Å². The highest BCUT2D eigenvalue weighted by Gasteiger charge is 2.30. The molecule has 12 aromatic heterocycles. The largest absolute Gasteiger partial charge is 0.455 e. The highest BCUT2D eigenvalue weighted by atomic mass is 32.1. The van der Waals surface area contributed by atoms with E-state index in [-0.39, 0.29) is 0 Å². The standard InChI is InChI=1S/C40H24N4S.C40H23N3O2.C40H23N3OS/c1-3-13-25(14-4-1)39-41-35-31-19-9-12-22-34(31)45-38(35)40(42-39)44-33-21-11-8-18-28(33)30-24-23-29-27-17-7-10-20-32(27)43(36(29)37(30)44)26-15-5-2-6-16-26;1-3-12-24(13-4-1)35-39-36(42-40(41-35)25-14-5-2-6-15-25)29-18-11-20-32(37(29)45-39)43-30-19-9-7-17-28(30)34-31(43)23-22-27-26-16-8-10-21-33(26)44-38(27)34;1-3-12-24(13-4-1)35-38-36(42-40(41-35)25-14-5-2-6-15-25)29-18-11-20-32(37(29)44-38)43-30-19-9-7-17-28(30)34-31(43)23-22-27-26-16-8-10-21-33(26)45-39(27)34/h1-24H;2*1-23H. The molecule has 135 heavy (non-hydrogen) atoms. The zero-order valence-electron chi connectivity index (χ0n) is 71.9. The fourth-order valence-corrected chi connectivity index (χ4v) is 23.0. The fourth-order valence-electron chi connectivity index (χ4n) is 20.7. The van der Waals surface area contributed by atoms with Gasteiger partial charge in [0.25, 0.3) is 0 Å². The summed E-state index contributed by atoms with van der Waals surface area (Å²) < 4.78 is 34.6. The molecule has 0 N–H and O–H groups in total. The Bertz CT molecular complexity index is 9710. The number of furan rings is 3. The highest BCUT2D eigenvalue weighted by Crippen LogP contribution is 2.51. The molecule has 0 saturated heterocycles. The number of thiophene rings is 2. The van der Waals surface area contributed by atoms with Gasteiger partial charge >= 0.3 is 0 Å². The van der Waals surface area contributed by atoms with E-state index in [1.807, 2.05) is 114 Å². The first-order valence-electron chi connectivity index (χ1n) is 45.1. The Morgan fingerprint density at radius 2 is 0.578 bits per heavy atom. The summed E-state index contributed by atoms with van der Waals surface area (Å²) in [6.07, 6.45) is 0. The van der Waals surface area contributed by atoms with E-state index < -0.39 is 0 Å². The van der Waals surface area contributed by atoms with Crippen molar-refractivity contribution in [2.45, 2.75) is 0 Å². The Morgan fingerprint density at radius 3 is 1.12 bits per heavy atom. The molecule has 630 valence electrons. The lowest BCUT2D eigenvalue weighted by atomic mass is 10.1. The van der Waals surface area contributed by atoms with E-state index in [1.165, 1.54) is 68.2 Å². The molecule has 0 saturated carbocycles. The summed E-state index contributed by atoms with van der Waals surface area (Å²) in [6, 6.07) is 148. The molecule has 0 bridgehead atoms. The maximum atomic E-state index is 6.87. The Morgan fingerprint density at radius 1 is 0.200 bits per heavy atom. The average Bonchev–Trinajstić information content (AvgIpc) is 1.42. The van der Waals surface area contributed by atoms with Crippen molar-refractivity contribution in [3.8, 4) is 79.6 Å². The minimum Gasteiger partial charge on any atom is -0.455 e. The molecule has 30 rings (SSSR count). The lowest BCUT2D eigenvalue weighted by molar-refractivity contribution is 0.664. The molecule has 0 aliphatic rings. The van der Waals surface area contributed by atoms with Crippen molar-refractivity contribution in [3.63, 3.8) is 0 Å². The van der Waals surface area contributed by atoms with Crippen molar-refractivity contribution >= 4 is 216 Å². The van der Waals surface area contributed by atoms with Crippen LogP contribution in [0.25, 0.3) is 273 Å². The second-order valence-corrected chi connectivity index (χ2v) is 36.2. The van der Waals surface area contributed by atoms with Gasteiger partial charge in [0.1, 0.15) is 33.6 Å². The topological polar surface area (TPSA) is 136 Å². The SMILES string of the molecule is c1ccc(-c2nc(-c3ccccc3)c3oc4c(-n5c6ccccc6c6c7oc8ccccc8c7ccc65)cccc4c3n2)cc1.c1ccc(-c2nc(-c3ccccc3)c3oc4c(-n5c6ccccc6c6c7sc8ccccc8c7ccc65)cccc4c3n2)cc1.c1ccc(-c2nc(-n3c4ccccc4c4ccc5c6ccccc6n(-c6ccccc6)c5c43)c3sc4ccccc4c3n2)cc1. The number of aromatic nitrogens is 10. The van der Waals surface area contributed by atoms with Crippen LogP contribution < -0.4 is 0 Å². The molecule has 13 nitrogen and oxygen atoms in total. The van der Waals surface area contributed by atoms with Crippen LogP contribution >= 0.6 is 22.7 Å². The minimum atomic E-state index is 0.666. The molecule has 12 heterocycles. The zero-order chi connectivity index (χ0) is 88.5. The maximum absolute atomic E-state index is 6.87. The highest BCUT2D eigenvalue weighted by molar-refractivity contribution is 7.27. The summed E-state index contributed by atoms with van der Waals surface area (Å²) in [5.74, 6) is 2.98. The van der Waals surface area contributed by atoms with Gasteiger partial charge in [0.05, 0.1) is 71.1 Å². The second-order valence-electron chi connectivity index (χ2n) is 34.1. The molecular formula is C120H70N10O3S2. The summed E-state index contributed by atoms with van der Waals surface area (Å²) >= 11 is 3.63. The molecule has 0 spiro atoms.